The molecule has 0 spiro atoms. The van der Waals surface area contributed by atoms with Crippen molar-refractivity contribution in [2.75, 3.05) is 0 Å². The van der Waals surface area contributed by atoms with E-state index in [4.69, 9.17) is 9.47 Å². The van der Waals surface area contributed by atoms with E-state index in [2.05, 4.69) is 22.6 Å². The lowest BCUT2D eigenvalue weighted by Gasteiger charge is -2.43. The van der Waals surface area contributed by atoms with Crippen molar-refractivity contribution in [1.29, 1.82) is 0 Å². The molecule has 0 N–H and O–H groups in total. The molecule has 18 heavy (non-hydrogen) atoms. The molecule has 4 nitrogen and oxygen atoms in total. The van der Waals surface area contributed by atoms with Gasteiger partial charge in [-0.1, -0.05) is 29.5 Å². The van der Waals surface area contributed by atoms with Crippen LogP contribution in [0.3, 0.4) is 0 Å². The maximum absolute atomic E-state index is 12.0. The zero-order chi connectivity index (χ0) is 12.9. The van der Waals surface area contributed by atoms with Crippen LogP contribution >= 0.6 is 22.6 Å². The highest BCUT2D eigenvalue weighted by atomic mass is 127. The number of halogens is 1. The Bertz CT molecular complexity index is 396. The quantitative estimate of drug-likeness (QED) is 0.438. The van der Waals surface area contributed by atoms with Crippen molar-refractivity contribution in [1.82, 2.24) is 0 Å². The first kappa shape index (κ1) is 12.7. The predicted octanol–water partition coefficient (Wildman–Crippen LogP) is 2.23. The van der Waals surface area contributed by atoms with Crippen LogP contribution in [0.15, 0.2) is 0 Å². The largest absolute Gasteiger partial charge is 0.458 e. The molecule has 2 aliphatic carbocycles. The number of carbonyl (C=O) groups is 2. The first-order chi connectivity index (χ1) is 8.54. The molecular formula is C13H17IO4. The Hall–Kier alpha value is -0.330. The second-order valence-electron chi connectivity index (χ2n) is 5.73. The summed E-state index contributed by atoms with van der Waals surface area (Å²) >= 11 is 2.12. The molecule has 1 aliphatic heterocycles. The summed E-state index contributed by atoms with van der Waals surface area (Å²) in [5.74, 6) is 0.199. The van der Waals surface area contributed by atoms with Gasteiger partial charge in [-0.15, -0.1) is 0 Å². The van der Waals surface area contributed by atoms with Crippen molar-refractivity contribution < 1.29 is 19.1 Å². The number of hydrogen-bond donors (Lipinski definition) is 0. The van der Waals surface area contributed by atoms with Crippen molar-refractivity contribution in [2.45, 2.75) is 54.7 Å². The summed E-state index contributed by atoms with van der Waals surface area (Å²) in [6.45, 7) is 1.97. The SMILES string of the molecule is CCC(I)C(=O)OC12CC3CC(C1)C(=O)OC2C3. The van der Waals surface area contributed by atoms with Crippen LogP contribution in [0.2, 0.25) is 0 Å². The lowest BCUT2D eigenvalue weighted by atomic mass is 9.76. The smallest absolute Gasteiger partial charge is 0.319 e. The van der Waals surface area contributed by atoms with Crippen LogP contribution in [-0.2, 0) is 19.1 Å². The summed E-state index contributed by atoms with van der Waals surface area (Å²) in [5.41, 5.74) is -0.503. The fourth-order valence-corrected chi connectivity index (χ4v) is 3.80. The molecule has 100 valence electrons. The van der Waals surface area contributed by atoms with E-state index in [1.54, 1.807) is 0 Å². The van der Waals surface area contributed by atoms with Crippen LogP contribution < -0.4 is 0 Å². The second-order valence-corrected chi connectivity index (χ2v) is 7.23. The average molecular weight is 364 g/mol. The van der Waals surface area contributed by atoms with E-state index < -0.39 is 5.60 Å². The molecule has 5 heteroatoms. The predicted molar refractivity (Wildman–Crippen MR) is 72.3 cm³/mol. The zero-order valence-corrected chi connectivity index (χ0v) is 12.5. The molecule has 5 unspecified atom stereocenters. The number of fused-ring (bicyclic) bond motifs is 2. The Kier molecular flexibility index (Phi) is 3.07. The Morgan fingerprint density at radius 2 is 2.33 bits per heavy atom. The molecule has 1 saturated heterocycles. The number of hydrogen-bond acceptors (Lipinski definition) is 4. The molecule has 1 heterocycles. The molecule has 3 bridgehead atoms. The Morgan fingerprint density at radius 3 is 3.06 bits per heavy atom. The van der Waals surface area contributed by atoms with Crippen LogP contribution in [-0.4, -0.2) is 27.6 Å². The lowest BCUT2D eigenvalue weighted by molar-refractivity contribution is -0.203. The molecule has 5 atom stereocenters. The van der Waals surface area contributed by atoms with Gasteiger partial charge in [-0.2, -0.15) is 0 Å². The molecule has 0 aromatic carbocycles. The van der Waals surface area contributed by atoms with Crippen LogP contribution in [0.5, 0.6) is 0 Å². The van der Waals surface area contributed by atoms with E-state index in [9.17, 15) is 9.59 Å². The average Bonchev–Trinajstić information content (AvgIpc) is 2.50. The molecule has 0 aromatic heterocycles. The number of rotatable bonds is 3. The van der Waals surface area contributed by atoms with Gasteiger partial charge in [-0.3, -0.25) is 9.59 Å². The number of alkyl halides is 1. The standard InChI is InChI=1S/C13H17IO4/c1-2-9(14)12(16)18-13-5-7-3-8(6-13)11(15)17-10(13)4-7/h7-10H,2-6H2,1H3. The minimum Gasteiger partial charge on any atom is -0.458 e. The van der Waals surface area contributed by atoms with Gasteiger partial charge >= 0.3 is 11.9 Å². The molecule has 3 fully saturated rings. The highest BCUT2D eigenvalue weighted by molar-refractivity contribution is 14.1. The normalized spacial score (nSPS) is 42.6. The number of carbonyl (C=O) groups excluding carboxylic acids is 2. The van der Waals surface area contributed by atoms with E-state index in [1.807, 2.05) is 6.92 Å². The minimum atomic E-state index is -0.503. The van der Waals surface area contributed by atoms with E-state index in [0.717, 1.165) is 25.7 Å². The van der Waals surface area contributed by atoms with Crippen LogP contribution in [0.1, 0.15) is 39.0 Å². The van der Waals surface area contributed by atoms with E-state index in [0.29, 0.717) is 12.3 Å². The van der Waals surface area contributed by atoms with Gasteiger partial charge in [0.05, 0.1) is 5.92 Å². The second kappa shape index (κ2) is 4.35. The molecule has 0 aromatic rings. The molecule has 2 saturated carbocycles. The summed E-state index contributed by atoms with van der Waals surface area (Å²) in [6.07, 6.45) is 3.90. The highest BCUT2D eigenvalue weighted by Crippen LogP contribution is 2.54. The fourth-order valence-electron chi connectivity index (χ4n) is 3.67. The van der Waals surface area contributed by atoms with Gasteiger partial charge in [0.2, 0.25) is 0 Å². The third-order valence-corrected chi connectivity index (χ3v) is 5.88. The van der Waals surface area contributed by atoms with Gasteiger partial charge in [-0.25, -0.2) is 0 Å². The summed E-state index contributed by atoms with van der Waals surface area (Å²) in [4.78, 5) is 23.7. The van der Waals surface area contributed by atoms with Crippen LogP contribution in [0.25, 0.3) is 0 Å². The van der Waals surface area contributed by atoms with E-state index in [-0.39, 0.29) is 27.9 Å². The van der Waals surface area contributed by atoms with Gasteiger partial charge in [0.25, 0.3) is 0 Å². The monoisotopic (exact) mass is 364 g/mol. The van der Waals surface area contributed by atoms with Crippen molar-refractivity contribution in [3.05, 3.63) is 0 Å². The summed E-state index contributed by atoms with van der Waals surface area (Å²) in [6, 6.07) is 0. The van der Waals surface area contributed by atoms with Gasteiger partial charge in [0.1, 0.15) is 15.6 Å². The van der Waals surface area contributed by atoms with Gasteiger partial charge in [0.15, 0.2) is 0 Å². The van der Waals surface area contributed by atoms with Crippen molar-refractivity contribution in [3.63, 3.8) is 0 Å². The summed E-state index contributed by atoms with van der Waals surface area (Å²) in [7, 11) is 0. The van der Waals surface area contributed by atoms with Crippen LogP contribution in [0.4, 0.5) is 0 Å². The molecule has 3 aliphatic rings. The third-order valence-electron chi connectivity index (χ3n) is 4.49. The highest BCUT2D eigenvalue weighted by Gasteiger charge is 2.61. The van der Waals surface area contributed by atoms with Crippen LogP contribution in [0, 0.1) is 11.8 Å². The van der Waals surface area contributed by atoms with Crippen molar-refractivity contribution >= 4 is 34.5 Å². The van der Waals surface area contributed by atoms with Gasteiger partial charge < -0.3 is 9.47 Å². The molecule has 3 rings (SSSR count). The third kappa shape index (κ3) is 1.85. The number of ether oxygens (including phenoxy) is 2. The lowest BCUT2D eigenvalue weighted by Crippen LogP contribution is -2.53. The minimum absolute atomic E-state index is 0.0513. The Balaban J connectivity index is 1.80. The van der Waals surface area contributed by atoms with Gasteiger partial charge in [-0.05, 0) is 31.6 Å². The maximum Gasteiger partial charge on any atom is 0.319 e. The summed E-state index contributed by atoms with van der Waals surface area (Å²) in [5, 5.41) is 0. The zero-order valence-electron chi connectivity index (χ0n) is 10.4. The fraction of sp³-hybridized carbons (Fsp3) is 0.846. The first-order valence-electron chi connectivity index (χ1n) is 6.61. The Morgan fingerprint density at radius 1 is 1.56 bits per heavy atom. The van der Waals surface area contributed by atoms with Crippen molar-refractivity contribution in [2.24, 2.45) is 11.8 Å². The van der Waals surface area contributed by atoms with E-state index in [1.165, 1.54) is 0 Å². The van der Waals surface area contributed by atoms with E-state index >= 15 is 0 Å². The Labute approximate surface area is 120 Å². The molecular weight excluding hydrogens is 347 g/mol. The first-order valence-corrected chi connectivity index (χ1v) is 7.86. The van der Waals surface area contributed by atoms with Gasteiger partial charge in [0, 0.05) is 6.42 Å². The summed E-state index contributed by atoms with van der Waals surface area (Å²) < 4.78 is 11.1. The maximum atomic E-state index is 12.0. The molecule has 0 amide bonds. The number of esters is 2. The topological polar surface area (TPSA) is 52.6 Å². The van der Waals surface area contributed by atoms with Crippen molar-refractivity contribution in [3.8, 4) is 0 Å². The molecule has 0 radical (unpaired) electrons.